The maximum absolute atomic E-state index is 4.57. The van der Waals surface area contributed by atoms with Gasteiger partial charge in [0.25, 0.3) is 0 Å². The first-order valence-corrected chi connectivity index (χ1v) is 7.37. The number of rotatable bonds is 6. The highest BCUT2D eigenvalue weighted by Gasteiger charge is 2.26. The Morgan fingerprint density at radius 1 is 1.39 bits per heavy atom. The predicted octanol–water partition coefficient (Wildman–Crippen LogP) is 3.27. The topological polar surface area (TPSA) is 29.9 Å². The summed E-state index contributed by atoms with van der Waals surface area (Å²) in [6, 6.07) is 0.504. The number of aryl methyl sites for hydroxylation is 2. The van der Waals surface area contributed by atoms with Gasteiger partial charge in [-0.3, -0.25) is 4.68 Å². The molecule has 1 saturated carbocycles. The second-order valence-corrected chi connectivity index (χ2v) is 5.75. The van der Waals surface area contributed by atoms with Crippen molar-refractivity contribution in [3.63, 3.8) is 0 Å². The fourth-order valence-corrected chi connectivity index (χ4v) is 2.98. The van der Waals surface area contributed by atoms with Gasteiger partial charge in [-0.05, 0) is 39.2 Å². The first kappa shape index (κ1) is 13.6. The Bertz CT molecular complexity index is 391. The highest BCUT2D eigenvalue weighted by molar-refractivity contribution is 5.28. The van der Waals surface area contributed by atoms with E-state index < -0.39 is 0 Å². The van der Waals surface area contributed by atoms with Crippen LogP contribution in [0.4, 0.5) is 0 Å². The molecular weight excluding hydrogens is 222 g/mol. The molecule has 0 aromatic carbocycles. The maximum Gasteiger partial charge on any atom is 0.0644 e. The summed E-state index contributed by atoms with van der Waals surface area (Å²) < 4.78 is 2.02. The zero-order valence-electron chi connectivity index (χ0n) is 12.3. The Balaban J connectivity index is 2.14. The molecule has 3 nitrogen and oxygen atoms in total. The minimum absolute atomic E-state index is 0.504. The van der Waals surface area contributed by atoms with Gasteiger partial charge in [-0.2, -0.15) is 5.10 Å². The molecule has 1 aliphatic carbocycles. The van der Waals surface area contributed by atoms with Gasteiger partial charge in [0.1, 0.15) is 0 Å². The third-order valence-corrected chi connectivity index (χ3v) is 4.35. The zero-order valence-corrected chi connectivity index (χ0v) is 12.3. The Kier molecular flexibility index (Phi) is 4.44. The number of hydrogen-bond donors (Lipinski definition) is 1. The molecule has 1 aromatic heterocycles. The molecule has 1 fully saturated rings. The Hall–Kier alpha value is -0.830. The highest BCUT2D eigenvalue weighted by Crippen LogP contribution is 2.36. The lowest BCUT2D eigenvalue weighted by atomic mass is 9.79. The van der Waals surface area contributed by atoms with Gasteiger partial charge < -0.3 is 5.32 Å². The van der Waals surface area contributed by atoms with Crippen molar-refractivity contribution in [3.05, 3.63) is 17.0 Å². The minimum atomic E-state index is 0.504. The lowest BCUT2D eigenvalue weighted by molar-refractivity contribution is 0.260. The van der Waals surface area contributed by atoms with Crippen LogP contribution in [-0.4, -0.2) is 16.3 Å². The largest absolute Gasteiger partial charge is 0.310 e. The third kappa shape index (κ3) is 2.77. The molecule has 1 heterocycles. The summed E-state index contributed by atoms with van der Waals surface area (Å²) in [6.07, 6.45) is 6.74. The quantitative estimate of drug-likeness (QED) is 0.838. The van der Waals surface area contributed by atoms with E-state index in [1.165, 1.54) is 49.1 Å². The minimum Gasteiger partial charge on any atom is -0.310 e. The summed E-state index contributed by atoms with van der Waals surface area (Å²) in [5.41, 5.74) is 3.96. The molecule has 0 saturated heterocycles. The second-order valence-electron chi connectivity index (χ2n) is 5.75. The van der Waals surface area contributed by atoms with Gasteiger partial charge in [0.15, 0.2) is 0 Å². The van der Waals surface area contributed by atoms with Gasteiger partial charge >= 0.3 is 0 Å². The SMILES string of the molecule is CCCNC(CC1CCC1)c1c(C)nn(C)c1C. The standard InChI is InChI=1S/C15H27N3/c1-5-9-16-14(10-13-7-6-8-13)15-11(2)17-18(4)12(15)3/h13-14,16H,5-10H2,1-4H3. The van der Waals surface area contributed by atoms with E-state index in [0.29, 0.717) is 6.04 Å². The van der Waals surface area contributed by atoms with Gasteiger partial charge in [0.05, 0.1) is 5.69 Å². The molecule has 0 radical (unpaired) electrons. The summed E-state index contributed by atoms with van der Waals surface area (Å²) in [5.74, 6) is 0.929. The van der Waals surface area contributed by atoms with Crippen molar-refractivity contribution in [1.29, 1.82) is 0 Å². The fraction of sp³-hybridized carbons (Fsp3) is 0.800. The number of aromatic nitrogens is 2. The molecule has 1 unspecified atom stereocenters. The van der Waals surface area contributed by atoms with Gasteiger partial charge in [-0.1, -0.05) is 26.2 Å². The van der Waals surface area contributed by atoms with Gasteiger partial charge in [-0.25, -0.2) is 0 Å². The van der Waals surface area contributed by atoms with E-state index in [9.17, 15) is 0 Å². The molecule has 0 bridgehead atoms. The van der Waals surface area contributed by atoms with Crippen molar-refractivity contribution < 1.29 is 0 Å². The Morgan fingerprint density at radius 3 is 2.56 bits per heavy atom. The van der Waals surface area contributed by atoms with Crippen molar-refractivity contribution in [1.82, 2.24) is 15.1 Å². The van der Waals surface area contributed by atoms with Crippen LogP contribution in [0.2, 0.25) is 0 Å². The monoisotopic (exact) mass is 249 g/mol. The Morgan fingerprint density at radius 2 is 2.11 bits per heavy atom. The normalized spacial score (nSPS) is 17.8. The number of nitrogens with zero attached hydrogens (tertiary/aromatic N) is 2. The van der Waals surface area contributed by atoms with Crippen LogP contribution >= 0.6 is 0 Å². The second kappa shape index (κ2) is 5.87. The average Bonchev–Trinajstić information content (AvgIpc) is 2.52. The van der Waals surface area contributed by atoms with Crippen molar-refractivity contribution in [3.8, 4) is 0 Å². The molecule has 0 aliphatic heterocycles. The highest BCUT2D eigenvalue weighted by atomic mass is 15.3. The third-order valence-electron chi connectivity index (χ3n) is 4.35. The molecule has 2 rings (SSSR count). The molecule has 1 aliphatic rings. The van der Waals surface area contributed by atoms with Crippen LogP contribution in [0.1, 0.15) is 62.0 Å². The molecule has 102 valence electrons. The summed E-state index contributed by atoms with van der Waals surface area (Å²) in [7, 11) is 2.05. The van der Waals surface area contributed by atoms with E-state index in [4.69, 9.17) is 0 Å². The molecule has 3 heteroatoms. The molecular formula is C15H27N3. The van der Waals surface area contributed by atoms with Crippen molar-refractivity contribution in [2.75, 3.05) is 6.54 Å². The van der Waals surface area contributed by atoms with E-state index in [1.54, 1.807) is 0 Å². The van der Waals surface area contributed by atoms with Crippen molar-refractivity contribution in [2.45, 2.75) is 58.9 Å². The van der Waals surface area contributed by atoms with E-state index in [0.717, 1.165) is 12.5 Å². The van der Waals surface area contributed by atoms with Gasteiger partial charge in [0.2, 0.25) is 0 Å². The van der Waals surface area contributed by atoms with Crippen LogP contribution < -0.4 is 5.32 Å². The maximum atomic E-state index is 4.57. The lowest BCUT2D eigenvalue weighted by Crippen LogP contribution is -2.27. The summed E-state index contributed by atoms with van der Waals surface area (Å²) >= 11 is 0. The van der Waals surface area contributed by atoms with Crippen LogP contribution in [-0.2, 0) is 7.05 Å². The smallest absolute Gasteiger partial charge is 0.0644 e. The fourth-order valence-electron chi connectivity index (χ4n) is 2.98. The average molecular weight is 249 g/mol. The van der Waals surface area contributed by atoms with E-state index >= 15 is 0 Å². The van der Waals surface area contributed by atoms with Crippen molar-refractivity contribution >= 4 is 0 Å². The van der Waals surface area contributed by atoms with Crippen LogP contribution in [0.5, 0.6) is 0 Å². The molecule has 0 amide bonds. The lowest BCUT2D eigenvalue weighted by Gasteiger charge is -2.30. The van der Waals surface area contributed by atoms with E-state index in [1.807, 2.05) is 11.7 Å². The summed E-state index contributed by atoms with van der Waals surface area (Å²) in [6.45, 7) is 7.67. The Labute approximate surface area is 111 Å². The van der Waals surface area contributed by atoms with Gasteiger partial charge in [-0.15, -0.1) is 0 Å². The first-order chi connectivity index (χ1) is 8.63. The number of nitrogens with one attached hydrogen (secondary N) is 1. The van der Waals surface area contributed by atoms with Crippen molar-refractivity contribution in [2.24, 2.45) is 13.0 Å². The van der Waals surface area contributed by atoms with Gasteiger partial charge in [0, 0.05) is 24.3 Å². The van der Waals surface area contributed by atoms with E-state index in [-0.39, 0.29) is 0 Å². The zero-order chi connectivity index (χ0) is 13.1. The predicted molar refractivity (Wildman–Crippen MR) is 75.7 cm³/mol. The summed E-state index contributed by atoms with van der Waals surface area (Å²) in [4.78, 5) is 0. The van der Waals surface area contributed by atoms with Crippen LogP contribution in [0, 0.1) is 19.8 Å². The van der Waals surface area contributed by atoms with Crippen LogP contribution in [0.15, 0.2) is 0 Å². The first-order valence-electron chi connectivity index (χ1n) is 7.37. The van der Waals surface area contributed by atoms with E-state index in [2.05, 4.69) is 31.2 Å². The molecule has 1 aromatic rings. The molecule has 1 atom stereocenters. The summed E-state index contributed by atoms with van der Waals surface area (Å²) in [5, 5.41) is 8.29. The molecule has 0 spiro atoms. The van der Waals surface area contributed by atoms with Crippen LogP contribution in [0.3, 0.4) is 0 Å². The molecule has 1 N–H and O–H groups in total. The number of hydrogen-bond acceptors (Lipinski definition) is 2. The van der Waals surface area contributed by atoms with Crippen LogP contribution in [0.25, 0.3) is 0 Å². The molecule has 18 heavy (non-hydrogen) atoms.